The van der Waals surface area contributed by atoms with Crippen LogP contribution in [0.4, 0.5) is 0 Å². The van der Waals surface area contributed by atoms with E-state index in [-0.39, 0.29) is 5.91 Å². The van der Waals surface area contributed by atoms with Gasteiger partial charge in [0.1, 0.15) is 5.69 Å². The monoisotopic (exact) mass is 391 g/mol. The number of aliphatic hydroxyl groups is 1. The zero-order chi connectivity index (χ0) is 20.6. The summed E-state index contributed by atoms with van der Waals surface area (Å²) in [6, 6.07) is 14.5. The number of nitrogens with one attached hydrogen (secondary N) is 1. The lowest BCUT2D eigenvalue weighted by Gasteiger charge is -2.34. The molecule has 3 aromatic rings. The summed E-state index contributed by atoms with van der Waals surface area (Å²) < 4.78 is 0. The molecule has 0 unspecified atom stereocenters. The Labute approximate surface area is 171 Å². The van der Waals surface area contributed by atoms with Crippen LogP contribution in [0.2, 0.25) is 0 Å². The number of nitrogens with zero attached hydrogens (tertiary/aromatic N) is 2. The van der Waals surface area contributed by atoms with Crippen LogP contribution < -0.4 is 0 Å². The lowest BCUT2D eigenvalue weighted by Crippen LogP contribution is -2.40. The van der Waals surface area contributed by atoms with Gasteiger partial charge in [0, 0.05) is 18.7 Å². The van der Waals surface area contributed by atoms with Gasteiger partial charge in [0.15, 0.2) is 0 Å². The van der Waals surface area contributed by atoms with Crippen LogP contribution in [0.3, 0.4) is 0 Å². The van der Waals surface area contributed by atoms with Gasteiger partial charge in [0.05, 0.1) is 11.3 Å². The number of carbonyl (C=O) groups is 1. The first-order valence-corrected chi connectivity index (χ1v) is 10.4. The Bertz CT molecular complexity index is 1020. The largest absolute Gasteiger partial charge is 0.390 e. The van der Waals surface area contributed by atoms with Crippen molar-refractivity contribution < 1.29 is 9.90 Å². The number of hydrogen-bond acceptors (Lipinski definition) is 3. The van der Waals surface area contributed by atoms with E-state index in [1.165, 1.54) is 10.9 Å². The number of H-pyrrole nitrogens is 1. The lowest BCUT2D eigenvalue weighted by molar-refractivity contribution is 0.0357. The van der Waals surface area contributed by atoms with Gasteiger partial charge in [0.2, 0.25) is 0 Å². The summed E-state index contributed by atoms with van der Waals surface area (Å²) in [6.07, 6.45) is 2.65. The SMILES string of the molecule is Cc1ccc2cc(-c3cc(C(=O)N4CCC(CC(C)(C)O)CC4)[nH]n3)ccc2c1. The highest BCUT2D eigenvalue weighted by molar-refractivity contribution is 5.94. The zero-order valence-corrected chi connectivity index (χ0v) is 17.4. The standard InChI is InChI=1S/C24H29N3O2/c1-16-4-5-19-13-20(7-6-18(19)12-16)21-14-22(26-25-21)23(28)27-10-8-17(9-11-27)15-24(2,3)29/h4-7,12-14,17,29H,8-11,15H2,1-3H3,(H,25,26). The van der Waals surface area contributed by atoms with Crippen molar-refractivity contribution in [2.24, 2.45) is 5.92 Å². The number of fused-ring (bicyclic) bond motifs is 1. The molecular weight excluding hydrogens is 362 g/mol. The predicted octanol–water partition coefficient (Wildman–Crippen LogP) is 4.55. The van der Waals surface area contributed by atoms with Crippen molar-refractivity contribution in [3.05, 3.63) is 53.7 Å². The molecule has 1 saturated heterocycles. The van der Waals surface area contributed by atoms with Crippen molar-refractivity contribution >= 4 is 16.7 Å². The Hall–Kier alpha value is -2.66. The number of aromatic nitrogens is 2. The molecule has 29 heavy (non-hydrogen) atoms. The molecule has 152 valence electrons. The average Bonchev–Trinajstić information content (AvgIpc) is 3.16. The van der Waals surface area contributed by atoms with Crippen LogP contribution in [-0.4, -0.2) is 44.8 Å². The molecule has 1 aromatic heterocycles. The second-order valence-corrected chi connectivity index (χ2v) is 8.98. The fraction of sp³-hybridized carbons (Fsp3) is 0.417. The van der Waals surface area contributed by atoms with Gasteiger partial charge in [-0.3, -0.25) is 9.89 Å². The number of rotatable bonds is 4. The first-order valence-electron chi connectivity index (χ1n) is 10.4. The smallest absolute Gasteiger partial charge is 0.271 e. The topological polar surface area (TPSA) is 69.2 Å². The van der Waals surface area contributed by atoms with E-state index in [1.54, 1.807) is 0 Å². The maximum atomic E-state index is 12.9. The molecule has 0 atom stereocenters. The number of aryl methyl sites for hydroxylation is 1. The second kappa shape index (κ2) is 7.64. The first-order chi connectivity index (χ1) is 13.8. The van der Waals surface area contributed by atoms with Crippen molar-refractivity contribution in [3.8, 4) is 11.3 Å². The Morgan fingerprint density at radius 3 is 2.55 bits per heavy atom. The van der Waals surface area contributed by atoms with Crippen LogP contribution >= 0.6 is 0 Å². The van der Waals surface area contributed by atoms with Crippen LogP contribution in [0, 0.1) is 12.8 Å². The average molecular weight is 392 g/mol. The second-order valence-electron chi connectivity index (χ2n) is 8.98. The lowest BCUT2D eigenvalue weighted by atomic mass is 9.86. The minimum absolute atomic E-state index is 0.00173. The summed E-state index contributed by atoms with van der Waals surface area (Å²) in [5, 5.41) is 19.7. The molecule has 1 amide bonds. The number of aromatic amines is 1. The third-order valence-electron chi connectivity index (χ3n) is 5.79. The van der Waals surface area contributed by atoms with E-state index in [0.717, 1.165) is 49.0 Å². The van der Waals surface area contributed by atoms with E-state index in [4.69, 9.17) is 0 Å². The summed E-state index contributed by atoms with van der Waals surface area (Å²) in [5.41, 5.74) is 2.91. The molecule has 2 heterocycles. The molecule has 0 bridgehead atoms. The van der Waals surface area contributed by atoms with Gasteiger partial charge >= 0.3 is 0 Å². The van der Waals surface area contributed by atoms with E-state index in [2.05, 4.69) is 47.5 Å². The van der Waals surface area contributed by atoms with Crippen LogP contribution in [0.15, 0.2) is 42.5 Å². The highest BCUT2D eigenvalue weighted by Crippen LogP contribution is 2.28. The number of likely N-dealkylation sites (tertiary alicyclic amines) is 1. The normalized spacial score (nSPS) is 15.8. The third-order valence-corrected chi connectivity index (χ3v) is 5.79. The maximum absolute atomic E-state index is 12.9. The summed E-state index contributed by atoms with van der Waals surface area (Å²) in [6.45, 7) is 7.24. The number of amides is 1. The minimum Gasteiger partial charge on any atom is -0.390 e. The highest BCUT2D eigenvalue weighted by atomic mass is 16.3. The molecule has 5 heteroatoms. The molecule has 4 rings (SSSR count). The van der Waals surface area contributed by atoms with E-state index < -0.39 is 5.60 Å². The molecule has 2 N–H and O–H groups in total. The summed E-state index contributed by atoms with van der Waals surface area (Å²) in [7, 11) is 0. The molecule has 0 spiro atoms. The van der Waals surface area contributed by atoms with E-state index >= 15 is 0 Å². The minimum atomic E-state index is -0.645. The number of benzene rings is 2. The summed E-state index contributed by atoms with van der Waals surface area (Å²) in [5.74, 6) is 0.472. The molecule has 5 nitrogen and oxygen atoms in total. The Kier molecular flexibility index (Phi) is 5.17. The van der Waals surface area contributed by atoms with Crippen LogP contribution in [0.5, 0.6) is 0 Å². The van der Waals surface area contributed by atoms with Crippen molar-refractivity contribution in [2.45, 2.75) is 45.6 Å². The third kappa shape index (κ3) is 4.51. The molecule has 1 fully saturated rings. The first kappa shape index (κ1) is 19.6. The summed E-state index contributed by atoms with van der Waals surface area (Å²) >= 11 is 0. The van der Waals surface area contributed by atoms with Crippen LogP contribution in [0.25, 0.3) is 22.0 Å². The van der Waals surface area contributed by atoms with Gasteiger partial charge in [-0.1, -0.05) is 35.9 Å². The van der Waals surface area contributed by atoms with Crippen molar-refractivity contribution in [1.29, 1.82) is 0 Å². The van der Waals surface area contributed by atoms with E-state index in [9.17, 15) is 9.90 Å². The van der Waals surface area contributed by atoms with Gasteiger partial charge in [-0.25, -0.2) is 0 Å². The number of hydrogen-bond donors (Lipinski definition) is 2. The molecule has 0 radical (unpaired) electrons. The fourth-order valence-electron chi connectivity index (χ4n) is 4.32. The molecule has 1 aliphatic heterocycles. The molecule has 1 aliphatic rings. The van der Waals surface area contributed by atoms with Gasteiger partial charge in [0.25, 0.3) is 5.91 Å². The van der Waals surface area contributed by atoms with Crippen LogP contribution in [0.1, 0.15) is 49.2 Å². The van der Waals surface area contributed by atoms with Crippen molar-refractivity contribution in [2.75, 3.05) is 13.1 Å². The van der Waals surface area contributed by atoms with Gasteiger partial charge < -0.3 is 10.0 Å². The Morgan fingerprint density at radius 2 is 1.83 bits per heavy atom. The molecule has 0 saturated carbocycles. The molecule has 2 aromatic carbocycles. The fourth-order valence-corrected chi connectivity index (χ4v) is 4.32. The van der Waals surface area contributed by atoms with E-state index in [1.807, 2.05) is 30.9 Å². The Balaban J connectivity index is 1.45. The summed E-state index contributed by atoms with van der Waals surface area (Å²) in [4.78, 5) is 14.8. The molecular formula is C24H29N3O2. The number of piperidine rings is 1. The maximum Gasteiger partial charge on any atom is 0.271 e. The zero-order valence-electron chi connectivity index (χ0n) is 17.4. The van der Waals surface area contributed by atoms with Gasteiger partial charge in [-0.15, -0.1) is 0 Å². The van der Waals surface area contributed by atoms with Crippen LogP contribution in [-0.2, 0) is 0 Å². The quantitative estimate of drug-likeness (QED) is 0.685. The number of carbonyl (C=O) groups excluding carboxylic acids is 1. The van der Waals surface area contributed by atoms with Gasteiger partial charge in [-0.05, 0) is 68.9 Å². The van der Waals surface area contributed by atoms with Crippen molar-refractivity contribution in [3.63, 3.8) is 0 Å². The van der Waals surface area contributed by atoms with Gasteiger partial charge in [-0.2, -0.15) is 5.10 Å². The highest BCUT2D eigenvalue weighted by Gasteiger charge is 2.28. The molecule has 0 aliphatic carbocycles. The van der Waals surface area contributed by atoms with Crippen molar-refractivity contribution in [1.82, 2.24) is 15.1 Å². The predicted molar refractivity (Wildman–Crippen MR) is 116 cm³/mol. The van der Waals surface area contributed by atoms with E-state index in [0.29, 0.717) is 11.6 Å². The Morgan fingerprint density at radius 1 is 1.14 bits per heavy atom.